The second kappa shape index (κ2) is 5.45. The van der Waals surface area contributed by atoms with E-state index in [1.807, 2.05) is 31.2 Å². The third-order valence-corrected chi connectivity index (χ3v) is 3.62. The average molecular weight is 272 g/mol. The molecule has 0 radical (unpaired) electrons. The van der Waals surface area contributed by atoms with Crippen LogP contribution >= 0.6 is 0 Å². The topological polar surface area (TPSA) is 37.3 Å². The van der Waals surface area contributed by atoms with Crippen molar-refractivity contribution < 1.29 is 14.3 Å². The molecule has 0 amide bonds. The van der Waals surface area contributed by atoms with Crippen LogP contribution in [-0.4, -0.2) is 11.1 Å². The van der Waals surface area contributed by atoms with Gasteiger partial charge in [-0.1, -0.05) is 48.0 Å². The van der Waals surface area contributed by atoms with E-state index in [9.17, 15) is 14.3 Å². The molecule has 1 atom stereocenters. The Hall–Kier alpha value is -2.16. The smallest absolute Gasteiger partial charge is 0.314 e. The predicted molar refractivity (Wildman–Crippen MR) is 76.3 cm³/mol. The van der Waals surface area contributed by atoms with E-state index in [1.54, 1.807) is 19.1 Å². The van der Waals surface area contributed by atoms with Crippen LogP contribution in [0.3, 0.4) is 0 Å². The Kier molecular flexibility index (Phi) is 3.89. The molecule has 2 nitrogen and oxygen atoms in total. The summed E-state index contributed by atoms with van der Waals surface area (Å²) in [5.74, 6) is -1.51. The van der Waals surface area contributed by atoms with E-state index in [0.29, 0.717) is 0 Å². The highest BCUT2D eigenvalue weighted by Crippen LogP contribution is 2.30. The number of aliphatic carboxylic acids is 1. The molecule has 0 aliphatic heterocycles. The number of rotatable bonds is 4. The van der Waals surface area contributed by atoms with Crippen LogP contribution in [0.4, 0.5) is 4.39 Å². The standard InChI is InChI=1S/C17H17FO2/c1-12-7-9-13(10-8-12)11-17(2,16(19)20)14-5-3-4-6-15(14)18/h3-10H,11H2,1-2H3,(H,19,20). The van der Waals surface area contributed by atoms with Gasteiger partial charge in [-0.15, -0.1) is 0 Å². The van der Waals surface area contributed by atoms with Crippen molar-refractivity contribution in [2.24, 2.45) is 0 Å². The molecular weight excluding hydrogens is 255 g/mol. The van der Waals surface area contributed by atoms with E-state index >= 15 is 0 Å². The van der Waals surface area contributed by atoms with Gasteiger partial charge in [-0.25, -0.2) is 4.39 Å². The van der Waals surface area contributed by atoms with Gasteiger partial charge in [-0.05, 0) is 31.9 Å². The monoisotopic (exact) mass is 272 g/mol. The molecule has 104 valence electrons. The number of carboxylic acid groups (broad SMARTS) is 1. The second-order valence-electron chi connectivity index (χ2n) is 5.28. The number of aryl methyl sites for hydroxylation is 1. The summed E-state index contributed by atoms with van der Waals surface area (Å²) in [5, 5.41) is 9.56. The SMILES string of the molecule is Cc1ccc(CC(C)(C(=O)O)c2ccccc2F)cc1. The lowest BCUT2D eigenvalue weighted by molar-refractivity contribution is -0.143. The molecule has 1 unspecified atom stereocenters. The molecule has 0 aliphatic carbocycles. The number of hydrogen-bond donors (Lipinski definition) is 1. The van der Waals surface area contributed by atoms with Gasteiger partial charge in [-0.3, -0.25) is 4.79 Å². The first-order valence-electron chi connectivity index (χ1n) is 6.47. The molecule has 0 saturated heterocycles. The predicted octanol–water partition coefficient (Wildman–Crippen LogP) is 3.72. The van der Waals surface area contributed by atoms with Crippen LogP contribution in [0.1, 0.15) is 23.6 Å². The zero-order valence-corrected chi connectivity index (χ0v) is 11.6. The van der Waals surface area contributed by atoms with Gasteiger partial charge in [0.15, 0.2) is 0 Å². The van der Waals surface area contributed by atoms with Crippen LogP contribution < -0.4 is 0 Å². The van der Waals surface area contributed by atoms with E-state index in [0.717, 1.165) is 11.1 Å². The fraction of sp³-hybridized carbons (Fsp3) is 0.235. The van der Waals surface area contributed by atoms with Crippen molar-refractivity contribution in [1.82, 2.24) is 0 Å². The molecule has 2 rings (SSSR count). The first-order chi connectivity index (χ1) is 9.43. The molecule has 0 aliphatic rings. The van der Waals surface area contributed by atoms with Crippen LogP contribution in [0.5, 0.6) is 0 Å². The van der Waals surface area contributed by atoms with Crippen LogP contribution in [0.15, 0.2) is 48.5 Å². The van der Waals surface area contributed by atoms with E-state index in [1.165, 1.54) is 12.1 Å². The lowest BCUT2D eigenvalue weighted by Crippen LogP contribution is -2.35. The highest BCUT2D eigenvalue weighted by atomic mass is 19.1. The Labute approximate surface area is 117 Å². The Balaban J connectivity index is 2.43. The van der Waals surface area contributed by atoms with Crippen molar-refractivity contribution in [3.8, 4) is 0 Å². The Bertz CT molecular complexity index is 619. The number of carboxylic acids is 1. The van der Waals surface area contributed by atoms with Crippen molar-refractivity contribution in [2.45, 2.75) is 25.7 Å². The molecule has 3 heteroatoms. The summed E-state index contributed by atoms with van der Waals surface area (Å²) in [6, 6.07) is 13.7. The van der Waals surface area contributed by atoms with Gasteiger partial charge in [-0.2, -0.15) is 0 Å². The summed E-state index contributed by atoms with van der Waals surface area (Å²) in [6.45, 7) is 3.53. The van der Waals surface area contributed by atoms with Crippen LogP contribution in [0.25, 0.3) is 0 Å². The number of hydrogen-bond acceptors (Lipinski definition) is 1. The second-order valence-corrected chi connectivity index (χ2v) is 5.28. The zero-order chi connectivity index (χ0) is 14.8. The average Bonchev–Trinajstić information content (AvgIpc) is 2.41. The fourth-order valence-corrected chi connectivity index (χ4v) is 2.31. The minimum Gasteiger partial charge on any atom is -0.481 e. The van der Waals surface area contributed by atoms with E-state index in [2.05, 4.69) is 0 Å². The van der Waals surface area contributed by atoms with Gasteiger partial charge >= 0.3 is 5.97 Å². The van der Waals surface area contributed by atoms with Crippen LogP contribution in [-0.2, 0) is 16.6 Å². The normalized spacial score (nSPS) is 13.8. The Morgan fingerprint density at radius 2 is 1.75 bits per heavy atom. The lowest BCUT2D eigenvalue weighted by Gasteiger charge is -2.26. The maximum Gasteiger partial charge on any atom is 0.314 e. The van der Waals surface area contributed by atoms with Gasteiger partial charge in [0.25, 0.3) is 0 Å². The van der Waals surface area contributed by atoms with Crippen LogP contribution in [0, 0.1) is 12.7 Å². The van der Waals surface area contributed by atoms with Crippen molar-refractivity contribution in [2.75, 3.05) is 0 Å². The van der Waals surface area contributed by atoms with Gasteiger partial charge < -0.3 is 5.11 Å². The zero-order valence-electron chi connectivity index (χ0n) is 11.6. The molecule has 2 aromatic carbocycles. The van der Waals surface area contributed by atoms with E-state index in [-0.39, 0.29) is 12.0 Å². The summed E-state index contributed by atoms with van der Waals surface area (Å²) in [4.78, 5) is 11.7. The molecule has 1 N–H and O–H groups in total. The fourth-order valence-electron chi connectivity index (χ4n) is 2.31. The summed E-state index contributed by atoms with van der Waals surface area (Å²) in [5.41, 5.74) is 0.925. The highest BCUT2D eigenvalue weighted by Gasteiger charge is 2.37. The van der Waals surface area contributed by atoms with Gasteiger partial charge in [0.05, 0.1) is 5.41 Å². The Morgan fingerprint density at radius 1 is 1.15 bits per heavy atom. The first kappa shape index (κ1) is 14.3. The summed E-state index contributed by atoms with van der Waals surface area (Å²) >= 11 is 0. The highest BCUT2D eigenvalue weighted by molar-refractivity contribution is 5.81. The largest absolute Gasteiger partial charge is 0.481 e. The molecular formula is C17H17FO2. The maximum atomic E-state index is 13.9. The quantitative estimate of drug-likeness (QED) is 0.921. The third-order valence-electron chi connectivity index (χ3n) is 3.62. The van der Waals surface area contributed by atoms with Gasteiger partial charge in [0.2, 0.25) is 0 Å². The molecule has 2 aromatic rings. The number of carbonyl (C=O) groups is 1. The van der Waals surface area contributed by atoms with Gasteiger partial charge in [0, 0.05) is 5.56 Å². The number of benzene rings is 2. The minimum absolute atomic E-state index is 0.216. The summed E-state index contributed by atoms with van der Waals surface area (Å²) < 4.78 is 13.9. The molecule has 0 fully saturated rings. The molecule has 0 bridgehead atoms. The summed E-state index contributed by atoms with van der Waals surface area (Å²) in [7, 11) is 0. The molecule has 20 heavy (non-hydrogen) atoms. The third kappa shape index (κ3) is 2.72. The maximum absolute atomic E-state index is 13.9. The van der Waals surface area contributed by atoms with Crippen molar-refractivity contribution >= 4 is 5.97 Å². The molecule has 0 aromatic heterocycles. The molecule has 0 spiro atoms. The van der Waals surface area contributed by atoms with Crippen molar-refractivity contribution in [3.05, 3.63) is 71.0 Å². The van der Waals surface area contributed by atoms with Crippen molar-refractivity contribution in [3.63, 3.8) is 0 Å². The molecule has 0 heterocycles. The van der Waals surface area contributed by atoms with Crippen molar-refractivity contribution in [1.29, 1.82) is 0 Å². The number of halogens is 1. The first-order valence-corrected chi connectivity index (χ1v) is 6.47. The van der Waals surface area contributed by atoms with Gasteiger partial charge in [0.1, 0.15) is 5.82 Å². The lowest BCUT2D eigenvalue weighted by atomic mass is 9.77. The van der Waals surface area contributed by atoms with E-state index in [4.69, 9.17) is 0 Å². The molecule has 0 saturated carbocycles. The Morgan fingerprint density at radius 3 is 2.30 bits per heavy atom. The van der Waals surface area contributed by atoms with E-state index < -0.39 is 17.2 Å². The minimum atomic E-state index is -1.28. The summed E-state index contributed by atoms with van der Waals surface area (Å²) in [6.07, 6.45) is 0.254. The van der Waals surface area contributed by atoms with Crippen LogP contribution in [0.2, 0.25) is 0 Å².